The van der Waals surface area contributed by atoms with Gasteiger partial charge in [0, 0.05) is 25.7 Å². The Morgan fingerprint density at radius 2 is 2.42 bits per heavy atom. The molecule has 66 valence electrons. The maximum Gasteiger partial charge on any atom is 0.263 e. The van der Waals surface area contributed by atoms with E-state index < -0.39 is 5.91 Å². The highest BCUT2D eigenvalue weighted by atomic mass is 35.5. The van der Waals surface area contributed by atoms with Crippen molar-refractivity contribution in [3.05, 3.63) is 11.8 Å². The van der Waals surface area contributed by atoms with Gasteiger partial charge in [0.15, 0.2) is 0 Å². The van der Waals surface area contributed by atoms with E-state index >= 15 is 0 Å². The number of nitrogens with one attached hydrogen (secondary N) is 2. The Morgan fingerprint density at radius 3 is 2.83 bits per heavy atom. The first kappa shape index (κ1) is 10.8. The van der Waals surface area contributed by atoms with E-state index in [4.69, 9.17) is 16.9 Å². The summed E-state index contributed by atoms with van der Waals surface area (Å²) in [6.45, 7) is 0.364. The maximum atomic E-state index is 11.0. The second-order valence-electron chi connectivity index (χ2n) is 1.90. The van der Waals surface area contributed by atoms with E-state index in [1.165, 1.54) is 6.20 Å². The standard InChI is InChI=1S/C7H10ClN3O/c1-10-5-6(4-9)7(12)11-3-2-8/h5,10H,2-3H2,1H3,(H,11,12)/b6-5-. The number of halogens is 1. The molecule has 4 nitrogen and oxygen atoms in total. The number of hydrogen-bond donors (Lipinski definition) is 2. The van der Waals surface area contributed by atoms with Crippen LogP contribution in [-0.4, -0.2) is 25.4 Å². The lowest BCUT2D eigenvalue weighted by Crippen LogP contribution is -2.27. The molecule has 0 aromatic carbocycles. The van der Waals surface area contributed by atoms with Gasteiger partial charge in [0.1, 0.15) is 11.6 Å². The monoisotopic (exact) mass is 187 g/mol. The van der Waals surface area contributed by atoms with Crippen LogP contribution in [0.1, 0.15) is 0 Å². The summed E-state index contributed by atoms with van der Waals surface area (Å²) in [7, 11) is 1.62. The molecule has 0 aliphatic carbocycles. The molecule has 0 saturated carbocycles. The second-order valence-corrected chi connectivity index (χ2v) is 2.28. The third-order valence-electron chi connectivity index (χ3n) is 1.03. The number of hydrogen-bond acceptors (Lipinski definition) is 3. The molecule has 1 amide bonds. The lowest BCUT2D eigenvalue weighted by atomic mass is 10.3. The van der Waals surface area contributed by atoms with E-state index in [1.807, 2.05) is 0 Å². The number of carbonyl (C=O) groups excluding carboxylic acids is 1. The van der Waals surface area contributed by atoms with Crippen molar-refractivity contribution in [1.29, 1.82) is 5.26 Å². The molecule has 0 unspecified atom stereocenters. The van der Waals surface area contributed by atoms with E-state index in [0.29, 0.717) is 12.4 Å². The molecule has 12 heavy (non-hydrogen) atoms. The highest BCUT2D eigenvalue weighted by molar-refractivity contribution is 6.18. The first-order valence-electron chi connectivity index (χ1n) is 3.38. The normalized spacial score (nSPS) is 10.2. The Morgan fingerprint density at radius 1 is 1.75 bits per heavy atom. The lowest BCUT2D eigenvalue weighted by molar-refractivity contribution is -0.117. The molecule has 0 aliphatic heterocycles. The van der Waals surface area contributed by atoms with Gasteiger partial charge < -0.3 is 10.6 Å². The van der Waals surface area contributed by atoms with Crippen LogP contribution in [0, 0.1) is 11.3 Å². The number of rotatable bonds is 4. The van der Waals surface area contributed by atoms with Crippen LogP contribution in [0.5, 0.6) is 0 Å². The number of alkyl halides is 1. The Kier molecular flexibility index (Phi) is 5.84. The van der Waals surface area contributed by atoms with Crippen LogP contribution in [0.4, 0.5) is 0 Å². The van der Waals surface area contributed by atoms with Crippen molar-refractivity contribution in [1.82, 2.24) is 10.6 Å². The van der Waals surface area contributed by atoms with Gasteiger partial charge in [-0.1, -0.05) is 0 Å². The van der Waals surface area contributed by atoms with Crippen LogP contribution in [0.15, 0.2) is 11.8 Å². The first-order chi connectivity index (χ1) is 5.76. The Balaban J connectivity index is 4.07. The summed E-state index contributed by atoms with van der Waals surface area (Å²) in [6, 6.07) is 1.76. The third-order valence-corrected chi connectivity index (χ3v) is 1.22. The van der Waals surface area contributed by atoms with Gasteiger partial charge in [-0.25, -0.2) is 0 Å². The smallest absolute Gasteiger partial charge is 0.263 e. The zero-order valence-corrected chi connectivity index (χ0v) is 7.48. The fourth-order valence-corrected chi connectivity index (χ4v) is 0.643. The zero-order valence-electron chi connectivity index (χ0n) is 6.72. The maximum absolute atomic E-state index is 11.0. The van der Waals surface area contributed by atoms with Crippen LogP contribution in [0.25, 0.3) is 0 Å². The van der Waals surface area contributed by atoms with Gasteiger partial charge in [-0.2, -0.15) is 5.26 Å². The largest absolute Gasteiger partial charge is 0.393 e. The predicted octanol–water partition coefficient (Wildman–Crippen LogP) is -0.0317. The highest BCUT2D eigenvalue weighted by Crippen LogP contribution is 1.89. The van der Waals surface area contributed by atoms with Crippen molar-refractivity contribution in [2.24, 2.45) is 0 Å². The molecule has 0 bridgehead atoms. The number of carbonyl (C=O) groups is 1. The Hall–Kier alpha value is -1.21. The fourth-order valence-electron chi connectivity index (χ4n) is 0.549. The van der Waals surface area contributed by atoms with Crippen LogP contribution in [-0.2, 0) is 4.79 Å². The number of nitrogens with zero attached hydrogens (tertiary/aromatic N) is 1. The summed E-state index contributed by atoms with van der Waals surface area (Å²) in [4.78, 5) is 11.0. The lowest BCUT2D eigenvalue weighted by Gasteiger charge is -1.99. The quantitative estimate of drug-likeness (QED) is 0.369. The van der Waals surface area contributed by atoms with Crippen molar-refractivity contribution in [2.75, 3.05) is 19.5 Å². The van der Waals surface area contributed by atoms with Crippen LogP contribution in [0.3, 0.4) is 0 Å². The molecule has 2 N–H and O–H groups in total. The molecule has 0 aliphatic rings. The predicted molar refractivity (Wildman–Crippen MR) is 46.5 cm³/mol. The van der Waals surface area contributed by atoms with Gasteiger partial charge in [0.25, 0.3) is 5.91 Å². The topological polar surface area (TPSA) is 64.9 Å². The van der Waals surface area contributed by atoms with E-state index in [2.05, 4.69) is 10.6 Å². The molecule has 0 rings (SSSR count). The molecule has 0 heterocycles. The zero-order chi connectivity index (χ0) is 9.40. The van der Waals surface area contributed by atoms with Crippen molar-refractivity contribution < 1.29 is 4.79 Å². The van der Waals surface area contributed by atoms with E-state index in [1.54, 1.807) is 13.1 Å². The molecule has 0 atom stereocenters. The van der Waals surface area contributed by atoms with Crippen LogP contribution in [0.2, 0.25) is 0 Å². The summed E-state index contributed by atoms with van der Waals surface area (Å²) in [5.74, 6) is -0.0724. The van der Waals surface area contributed by atoms with E-state index in [9.17, 15) is 4.79 Å². The van der Waals surface area contributed by atoms with Crippen molar-refractivity contribution >= 4 is 17.5 Å². The average molecular weight is 188 g/mol. The third kappa shape index (κ3) is 3.84. The summed E-state index contributed by atoms with van der Waals surface area (Å²) in [6.07, 6.45) is 1.34. The molecule has 0 aromatic rings. The summed E-state index contributed by atoms with van der Waals surface area (Å²) < 4.78 is 0. The highest BCUT2D eigenvalue weighted by Gasteiger charge is 2.05. The average Bonchev–Trinajstić information content (AvgIpc) is 2.10. The van der Waals surface area contributed by atoms with Gasteiger partial charge in [0.05, 0.1) is 0 Å². The molecule has 5 heteroatoms. The summed E-state index contributed by atoms with van der Waals surface area (Å²) in [5, 5.41) is 13.5. The summed E-state index contributed by atoms with van der Waals surface area (Å²) in [5.41, 5.74) is 0.0441. The molecule has 0 aromatic heterocycles. The molecule has 0 spiro atoms. The van der Waals surface area contributed by atoms with Crippen molar-refractivity contribution in [3.8, 4) is 6.07 Å². The van der Waals surface area contributed by atoms with Gasteiger partial charge in [-0.3, -0.25) is 4.79 Å². The minimum absolute atomic E-state index is 0.0441. The Bertz CT molecular complexity index is 219. The molecule has 0 fully saturated rings. The summed E-state index contributed by atoms with van der Waals surface area (Å²) >= 11 is 5.34. The minimum Gasteiger partial charge on any atom is -0.393 e. The van der Waals surface area contributed by atoms with E-state index in [0.717, 1.165) is 0 Å². The molecule has 0 radical (unpaired) electrons. The minimum atomic E-state index is -0.410. The van der Waals surface area contributed by atoms with E-state index in [-0.39, 0.29) is 5.57 Å². The SMILES string of the molecule is CN/C=C(/C#N)C(=O)NCCCl. The van der Waals surface area contributed by atoms with Crippen LogP contribution < -0.4 is 10.6 Å². The first-order valence-corrected chi connectivity index (χ1v) is 3.91. The van der Waals surface area contributed by atoms with Crippen LogP contribution >= 0.6 is 11.6 Å². The second kappa shape index (κ2) is 6.50. The number of amides is 1. The van der Waals surface area contributed by atoms with Crippen molar-refractivity contribution in [3.63, 3.8) is 0 Å². The fraction of sp³-hybridized carbons (Fsp3) is 0.429. The van der Waals surface area contributed by atoms with Gasteiger partial charge >= 0.3 is 0 Å². The van der Waals surface area contributed by atoms with Gasteiger partial charge in [0.2, 0.25) is 0 Å². The molecular weight excluding hydrogens is 178 g/mol. The van der Waals surface area contributed by atoms with Gasteiger partial charge in [-0.05, 0) is 0 Å². The molecular formula is C7H10ClN3O. The van der Waals surface area contributed by atoms with Gasteiger partial charge in [-0.15, -0.1) is 11.6 Å². The Labute approximate surface area is 76.2 Å². The van der Waals surface area contributed by atoms with Crippen molar-refractivity contribution in [2.45, 2.75) is 0 Å². The molecule has 0 saturated heterocycles. The number of nitriles is 1.